The molecule has 0 radical (unpaired) electrons. The van der Waals surface area contributed by atoms with Crippen molar-refractivity contribution in [2.75, 3.05) is 39.2 Å². The van der Waals surface area contributed by atoms with Crippen LogP contribution in [0.15, 0.2) is 58.5 Å². The second kappa shape index (κ2) is 11.9. The number of hydrogen-bond donors (Lipinski definition) is 1. The maximum atomic E-state index is 13.6. The molecule has 0 fully saturated rings. The number of carbonyl (C=O) groups excluding carboxylic acids is 1. The molecule has 3 aromatic rings. The average Bonchev–Trinajstić information content (AvgIpc) is 3.34. The summed E-state index contributed by atoms with van der Waals surface area (Å²) in [7, 11) is 5.45. The van der Waals surface area contributed by atoms with Gasteiger partial charge in [-0.15, -0.1) is 5.10 Å². The predicted octanol–water partition coefficient (Wildman–Crippen LogP) is 5.07. The number of quaternary nitrogens is 1. The van der Waals surface area contributed by atoms with Gasteiger partial charge in [0, 0.05) is 17.8 Å². The highest BCUT2D eigenvalue weighted by atomic mass is 19.4. The standard InChI is InChI=1S/C30H33F3N6O3/c1-6-7-14-39(3,4)15-13-21-16-20(18-34)11-12-24(21)26-25(27(40)42-5)19(2)37(28-35-36-29(41)38(26)28)23-10-8-9-22(17-23)30(31,32)33/h8-12,16-17,26H,6-7,13-15H2,1-5H3/p+1/t26-/m1/s1. The lowest BCUT2D eigenvalue weighted by Crippen LogP contribution is -2.42. The number of halogens is 3. The van der Waals surface area contributed by atoms with E-state index in [0.717, 1.165) is 48.1 Å². The molecule has 0 aliphatic carbocycles. The van der Waals surface area contributed by atoms with E-state index in [-0.39, 0.29) is 22.9 Å². The third-order valence-corrected chi connectivity index (χ3v) is 7.65. The van der Waals surface area contributed by atoms with Crippen molar-refractivity contribution < 1.29 is 27.2 Å². The lowest BCUT2D eigenvalue weighted by Gasteiger charge is -2.36. The number of unbranched alkanes of at least 4 members (excludes halogenated alkanes) is 1. The lowest BCUT2D eigenvalue weighted by molar-refractivity contribution is -0.890. The van der Waals surface area contributed by atoms with Crippen molar-refractivity contribution in [3.63, 3.8) is 0 Å². The molecule has 0 saturated heterocycles. The van der Waals surface area contributed by atoms with E-state index >= 15 is 0 Å². The Morgan fingerprint density at radius 2 is 1.93 bits per heavy atom. The third-order valence-electron chi connectivity index (χ3n) is 7.65. The van der Waals surface area contributed by atoms with Gasteiger partial charge in [-0.25, -0.2) is 19.3 Å². The Labute approximate surface area is 242 Å². The topological polar surface area (TPSA) is 104 Å². The first-order valence-corrected chi connectivity index (χ1v) is 13.6. The number of fused-ring (bicyclic) bond motifs is 1. The molecule has 0 amide bonds. The number of nitrogens with one attached hydrogen (secondary N) is 1. The largest absolute Gasteiger partial charge is 0.466 e. The number of alkyl halides is 3. The van der Waals surface area contributed by atoms with Crippen LogP contribution in [0.25, 0.3) is 0 Å². The maximum absolute atomic E-state index is 13.6. The molecular weight excluding hydrogens is 549 g/mol. The normalized spacial score (nSPS) is 15.4. The van der Waals surface area contributed by atoms with Crippen molar-refractivity contribution >= 4 is 17.6 Å². The molecule has 9 nitrogen and oxygen atoms in total. The number of nitrogens with zero attached hydrogens (tertiary/aromatic N) is 5. The smallest absolute Gasteiger partial charge is 0.416 e. The molecule has 2 aromatic carbocycles. The number of rotatable bonds is 9. The minimum absolute atomic E-state index is 0.0174. The highest BCUT2D eigenvalue weighted by molar-refractivity contribution is 5.93. The van der Waals surface area contributed by atoms with Crippen LogP contribution in [0, 0.1) is 11.3 Å². The van der Waals surface area contributed by atoms with Crippen molar-refractivity contribution in [2.24, 2.45) is 0 Å². The zero-order chi connectivity index (χ0) is 30.8. The summed E-state index contributed by atoms with van der Waals surface area (Å²) >= 11 is 0. The van der Waals surface area contributed by atoms with Gasteiger partial charge >= 0.3 is 17.8 Å². The van der Waals surface area contributed by atoms with Gasteiger partial charge in [-0.05, 0) is 54.8 Å². The van der Waals surface area contributed by atoms with Crippen molar-refractivity contribution in [1.82, 2.24) is 14.8 Å². The maximum Gasteiger partial charge on any atom is 0.416 e. The molecule has 2 heterocycles. The molecule has 1 aromatic heterocycles. The van der Waals surface area contributed by atoms with E-state index in [4.69, 9.17) is 4.74 Å². The van der Waals surface area contributed by atoms with Crippen LogP contribution >= 0.6 is 0 Å². The molecule has 0 unspecified atom stereocenters. The second-order valence-electron chi connectivity index (χ2n) is 11.0. The quantitative estimate of drug-likeness (QED) is 0.279. The van der Waals surface area contributed by atoms with E-state index in [1.165, 1.54) is 28.7 Å². The molecular formula is C30H34F3N6O3+. The van der Waals surface area contributed by atoms with Gasteiger partial charge in [0.2, 0.25) is 5.95 Å². The molecule has 12 heteroatoms. The van der Waals surface area contributed by atoms with Crippen LogP contribution in [0.5, 0.6) is 0 Å². The van der Waals surface area contributed by atoms with Crippen LogP contribution in [0.4, 0.5) is 24.8 Å². The zero-order valence-electron chi connectivity index (χ0n) is 24.2. The fourth-order valence-electron chi connectivity index (χ4n) is 5.36. The molecule has 0 spiro atoms. The van der Waals surface area contributed by atoms with E-state index in [1.54, 1.807) is 25.1 Å². The highest BCUT2D eigenvalue weighted by Gasteiger charge is 2.41. The van der Waals surface area contributed by atoms with Gasteiger partial charge in [0.25, 0.3) is 0 Å². The van der Waals surface area contributed by atoms with Gasteiger partial charge in [-0.2, -0.15) is 18.4 Å². The Morgan fingerprint density at radius 1 is 1.19 bits per heavy atom. The summed E-state index contributed by atoms with van der Waals surface area (Å²) in [5.41, 5.74) is 0.628. The number of nitriles is 1. The van der Waals surface area contributed by atoms with Gasteiger partial charge in [0.05, 0.1) is 57.1 Å². The highest BCUT2D eigenvalue weighted by Crippen LogP contribution is 2.43. The van der Waals surface area contributed by atoms with E-state index in [9.17, 15) is 28.0 Å². The minimum atomic E-state index is -4.61. The molecule has 1 aliphatic rings. The first-order chi connectivity index (χ1) is 19.8. The first kappa shape index (κ1) is 30.6. The number of likely N-dealkylation sites (N-methyl/N-ethyl adjacent to an activating group) is 1. The minimum Gasteiger partial charge on any atom is -0.466 e. The zero-order valence-corrected chi connectivity index (χ0v) is 24.2. The number of hydrogen-bond acceptors (Lipinski definition) is 6. The fraction of sp³-hybridized carbons (Fsp3) is 0.400. The Hall–Kier alpha value is -4.37. The summed E-state index contributed by atoms with van der Waals surface area (Å²) in [6, 6.07) is 10.8. The Balaban J connectivity index is 1.93. The summed E-state index contributed by atoms with van der Waals surface area (Å²) < 4.78 is 47.9. The van der Waals surface area contributed by atoms with Crippen LogP contribution in [-0.2, 0) is 22.1 Å². The van der Waals surface area contributed by atoms with E-state index < -0.39 is 29.4 Å². The van der Waals surface area contributed by atoms with Crippen LogP contribution < -0.4 is 10.6 Å². The molecule has 1 aliphatic heterocycles. The number of allylic oxidation sites excluding steroid dienone is 1. The van der Waals surface area contributed by atoms with Crippen molar-refractivity contribution in [2.45, 2.75) is 45.3 Å². The molecule has 0 saturated carbocycles. The lowest BCUT2D eigenvalue weighted by atomic mass is 9.89. The van der Waals surface area contributed by atoms with Crippen LogP contribution in [0.2, 0.25) is 0 Å². The van der Waals surface area contributed by atoms with Gasteiger partial charge in [0.1, 0.15) is 6.04 Å². The fourth-order valence-corrected chi connectivity index (χ4v) is 5.36. The van der Waals surface area contributed by atoms with Crippen LogP contribution in [0.1, 0.15) is 55.0 Å². The monoisotopic (exact) mass is 583 g/mol. The van der Waals surface area contributed by atoms with Gasteiger partial charge in [-0.1, -0.05) is 25.5 Å². The number of methoxy groups -OCH3 is 1. The second-order valence-corrected chi connectivity index (χ2v) is 11.0. The number of benzene rings is 2. The molecule has 42 heavy (non-hydrogen) atoms. The SMILES string of the molecule is CCCC[N+](C)(C)CCc1cc(C#N)ccc1[C@@H]1C(C(=O)OC)=C(C)N(c2cccc(C(F)(F)F)c2)c2n[nH]c(=O)n21. The first-order valence-electron chi connectivity index (χ1n) is 13.6. The summed E-state index contributed by atoms with van der Waals surface area (Å²) in [5, 5.41) is 16.2. The summed E-state index contributed by atoms with van der Waals surface area (Å²) in [5.74, 6) is -0.730. The summed E-state index contributed by atoms with van der Waals surface area (Å²) in [6.45, 7) is 5.39. The number of aromatic nitrogens is 3. The number of H-pyrrole nitrogens is 1. The van der Waals surface area contributed by atoms with Gasteiger partial charge in [0.15, 0.2) is 0 Å². The molecule has 0 bridgehead atoms. The van der Waals surface area contributed by atoms with Crippen molar-refractivity contribution in [3.05, 3.63) is 86.5 Å². The number of esters is 1. The summed E-state index contributed by atoms with van der Waals surface area (Å²) in [4.78, 5) is 28.0. The Kier molecular flexibility index (Phi) is 8.63. The third kappa shape index (κ3) is 5.97. The van der Waals surface area contributed by atoms with Gasteiger partial charge in [-0.3, -0.25) is 4.90 Å². The Morgan fingerprint density at radius 3 is 2.57 bits per heavy atom. The van der Waals surface area contributed by atoms with E-state index in [1.807, 2.05) is 0 Å². The number of aromatic amines is 1. The molecule has 1 N–H and O–H groups in total. The average molecular weight is 584 g/mol. The van der Waals surface area contributed by atoms with Crippen LogP contribution in [-0.4, -0.2) is 59.5 Å². The van der Waals surface area contributed by atoms with E-state index in [2.05, 4.69) is 37.3 Å². The van der Waals surface area contributed by atoms with E-state index in [0.29, 0.717) is 17.5 Å². The van der Waals surface area contributed by atoms with Crippen molar-refractivity contribution in [3.8, 4) is 6.07 Å². The van der Waals surface area contributed by atoms with Crippen molar-refractivity contribution in [1.29, 1.82) is 5.26 Å². The molecule has 1 atom stereocenters. The molecule has 222 valence electrons. The number of ether oxygens (including phenoxy) is 1. The predicted molar refractivity (Wildman–Crippen MR) is 151 cm³/mol. The Bertz CT molecular complexity index is 1610. The van der Waals surface area contributed by atoms with Gasteiger partial charge < -0.3 is 9.22 Å². The number of anilines is 2. The van der Waals surface area contributed by atoms with Crippen LogP contribution in [0.3, 0.4) is 0 Å². The molecule has 4 rings (SSSR count). The number of carbonyl (C=O) groups is 1. The summed E-state index contributed by atoms with van der Waals surface area (Å²) in [6.07, 6.45) is -1.96.